The number of methoxy groups -OCH3 is 1. The van der Waals surface area contributed by atoms with Crippen molar-refractivity contribution in [3.63, 3.8) is 0 Å². The summed E-state index contributed by atoms with van der Waals surface area (Å²) in [5, 5.41) is 3.63. The lowest BCUT2D eigenvalue weighted by Gasteiger charge is -2.13. The van der Waals surface area contributed by atoms with Crippen LogP contribution >= 0.6 is 11.6 Å². The van der Waals surface area contributed by atoms with Crippen LogP contribution in [0.4, 0.5) is 0 Å². The Bertz CT molecular complexity index is 449. The van der Waals surface area contributed by atoms with Crippen molar-refractivity contribution in [1.29, 1.82) is 0 Å². The molecule has 1 rings (SSSR count). The van der Waals surface area contributed by atoms with Gasteiger partial charge in [0, 0.05) is 13.0 Å². The van der Waals surface area contributed by atoms with Crippen LogP contribution in [0.25, 0.3) is 0 Å². The Balaban J connectivity index is 2.84. The zero-order valence-corrected chi connectivity index (χ0v) is 11.7. The van der Waals surface area contributed by atoms with Crippen LogP contribution in [0.15, 0.2) is 12.1 Å². The summed E-state index contributed by atoms with van der Waals surface area (Å²) in [5.41, 5.74) is 1.06. The third-order valence-electron chi connectivity index (χ3n) is 2.32. The van der Waals surface area contributed by atoms with Gasteiger partial charge in [-0.2, -0.15) is 0 Å². The Morgan fingerprint density at radius 1 is 1.39 bits per heavy atom. The average molecular weight is 268 g/mol. The van der Waals surface area contributed by atoms with Crippen LogP contribution in [0.2, 0.25) is 5.02 Å². The topological polar surface area (TPSA) is 30.5 Å². The first-order chi connectivity index (χ1) is 8.72. The molecule has 3 nitrogen and oxygen atoms in total. The number of benzene rings is 1. The molecular weight excluding hydrogens is 250 g/mol. The maximum Gasteiger partial charge on any atom is 0.179 e. The Morgan fingerprint density at radius 3 is 2.78 bits per heavy atom. The summed E-state index contributed by atoms with van der Waals surface area (Å²) in [6, 6.07) is 3.80. The van der Waals surface area contributed by atoms with Crippen LogP contribution < -0.4 is 14.8 Å². The van der Waals surface area contributed by atoms with Crippen molar-refractivity contribution in [2.75, 3.05) is 20.8 Å². The molecule has 0 aliphatic carbocycles. The lowest BCUT2D eigenvalue weighted by Crippen LogP contribution is -2.06. The van der Waals surface area contributed by atoms with E-state index in [-0.39, 0.29) is 0 Å². The molecule has 0 saturated heterocycles. The molecule has 0 bridgehead atoms. The Hall–Kier alpha value is -1.37. The van der Waals surface area contributed by atoms with E-state index in [9.17, 15) is 0 Å². The van der Waals surface area contributed by atoms with Gasteiger partial charge in [-0.25, -0.2) is 0 Å². The number of halogens is 1. The monoisotopic (exact) mass is 267 g/mol. The van der Waals surface area contributed by atoms with E-state index in [0.717, 1.165) is 12.1 Å². The van der Waals surface area contributed by atoms with Gasteiger partial charge in [-0.3, -0.25) is 0 Å². The van der Waals surface area contributed by atoms with Crippen LogP contribution in [0.1, 0.15) is 18.9 Å². The summed E-state index contributed by atoms with van der Waals surface area (Å²) in [4.78, 5) is 0. The Kier molecular flexibility index (Phi) is 6.42. The van der Waals surface area contributed by atoms with E-state index in [1.165, 1.54) is 0 Å². The first kappa shape index (κ1) is 14.7. The van der Waals surface area contributed by atoms with Crippen molar-refractivity contribution in [2.24, 2.45) is 0 Å². The Morgan fingerprint density at radius 2 is 2.17 bits per heavy atom. The molecule has 98 valence electrons. The standard InChI is InChI=1S/C14H18ClNO2/c1-4-5-6-7-18-14-12(15)8-11(10-16-2)9-13(14)17-3/h8-9,16H,6-7,10H2,1-3H3. The minimum Gasteiger partial charge on any atom is -0.493 e. The largest absolute Gasteiger partial charge is 0.493 e. The molecule has 0 aliphatic rings. The third kappa shape index (κ3) is 4.14. The molecule has 0 spiro atoms. The summed E-state index contributed by atoms with van der Waals surface area (Å²) in [7, 11) is 3.49. The second kappa shape index (κ2) is 7.86. The van der Waals surface area contributed by atoms with E-state index in [2.05, 4.69) is 17.2 Å². The highest BCUT2D eigenvalue weighted by Crippen LogP contribution is 2.36. The molecule has 0 aromatic heterocycles. The summed E-state index contributed by atoms with van der Waals surface area (Å²) in [6.07, 6.45) is 0.675. The van der Waals surface area contributed by atoms with Crippen molar-refractivity contribution in [1.82, 2.24) is 5.32 Å². The number of hydrogen-bond acceptors (Lipinski definition) is 3. The van der Waals surface area contributed by atoms with Crippen LogP contribution in [-0.2, 0) is 6.54 Å². The van der Waals surface area contributed by atoms with Gasteiger partial charge in [0.1, 0.15) is 0 Å². The molecule has 0 aliphatic heterocycles. The first-order valence-electron chi connectivity index (χ1n) is 5.76. The van der Waals surface area contributed by atoms with Crippen LogP contribution in [0, 0.1) is 11.8 Å². The average Bonchev–Trinajstić information content (AvgIpc) is 2.36. The summed E-state index contributed by atoms with van der Waals surface area (Å²) >= 11 is 6.19. The lowest BCUT2D eigenvalue weighted by atomic mass is 10.2. The number of nitrogens with one attached hydrogen (secondary N) is 1. The van der Waals surface area contributed by atoms with Gasteiger partial charge in [-0.05, 0) is 31.7 Å². The van der Waals surface area contributed by atoms with Crippen molar-refractivity contribution >= 4 is 11.6 Å². The van der Waals surface area contributed by atoms with Gasteiger partial charge in [0.15, 0.2) is 11.5 Å². The molecule has 0 heterocycles. The third-order valence-corrected chi connectivity index (χ3v) is 2.60. The number of hydrogen-bond donors (Lipinski definition) is 1. The van der Waals surface area contributed by atoms with E-state index < -0.39 is 0 Å². The van der Waals surface area contributed by atoms with Crippen LogP contribution in [0.5, 0.6) is 11.5 Å². The molecule has 0 atom stereocenters. The predicted octanol–water partition coefficient (Wildman–Crippen LogP) is 2.86. The molecule has 0 radical (unpaired) electrons. The van der Waals surface area contributed by atoms with Gasteiger partial charge in [-0.1, -0.05) is 11.6 Å². The van der Waals surface area contributed by atoms with Crippen molar-refractivity contribution < 1.29 is 9.47 Å². The Labute approximate surface area is 113 Å². The number of rotatable bonds is 6. The highest BCUT2D eigenvalue weighted by atomic mass is 35.5. The maximum absolute atomic E-state index is 6.19. The van der Waals surface area contributed by atoms with Gasteiger partial charge in [0.25, 0.3) is 0 Å². The SMILES string of the molecule is CC#CCCOc1c(Cl)cc(CNC)cc1OC. The zero-order chi connectivity index (χ0) is 13.4. The predicted molar refractivity (Wildman–Crippen MR) is 74.3 cm³/mol. The molecule has 0 saturated carbocycles. The molecule has 0 fully saturated rings. The quantitative estimate of drug-likeness (QED) is 0.635. The fraction of sp³-hybridized carbons (Fsp3) is 0.429. The van der Waals surface area contributed by atoms with Gasteiger partial charge >= 0.3 is 0 Å². The summed E-state index contributed by atoms with van der Waals surface area (Å²) < 4.78 is 10.9. The fourth-order valence-corrected chi connectivity index (χ4v) is 1.84. The first-order valence-corrected chi connectivity index (χ1v) is 6.14. The van der Waals surface area contributed by atoms with E-state index in [4.69, 9.17) is 21.1 Å². The summed E-state index contributed by atoms with van der Waals surface area (Å²) in [6.45, 7) is 3.04. The molecule has 1 N–H and O–H groups in total. The second-order valence-corrected chi connectivity index (χ2v) is 4.07. The minimum absolute atomic E-state index is 0.502. The summed E-state index contributed by atoms with van der Waals surface area (Å²) in [5.74, 6) is 6.99. The van der Waals surface area contributed by atoms with Gasteiger partial charge in [0.2, 0.25) is 0 Å². The molecule has 1 aromatic rings. The normalized spacial score (nSPS) is 9.56. The molecule has 1 aromatic carbocycles. The smallest absolute Gasteiger partial charge is 0.179 e. The van der Waals surface area contributed by atoms with E-state index in [0.29, 0.717) is 29.5 Å². The van der Waals surface area contributed by atoms with Crippen LogP contribution in [-0.4, -0.2) is 20.8 Å². The lowest BCUT2D eigenvalue weighted by molar-refractivity contribution is 0.301. The molecule has 18 heavy (non-hydrogen) atoms. The maximum atomic E-state index is 6.19. The fourth-order valence-electron chi connectivity index (χ4n) is 1.55. The molecule has 4 heteroatoms. The number of ether oxygens (including phenoxy) is 2. The molecular formula is C14H18ClNO2. The van der Waals surface area contributed by atoms with Crippen molar-refractivity contribution in [2.45, 2.75) is 19.9 Å². The molecule has 0 amide bonds. The van der Waals surface area contributed by atoms with E-state index in [1.807, 2.05) is 19.2 Å². The minimum atomic E-state index is 0.502. The van der Waals surface area contributed by atoms with E-state index in [1.54, 1.807) is 14.0 Å². The molecule has 0 unspecified atom stereocenters. The second-order valence-electron chi connectivity index (χ2n) is 3.66. The zero-order valence-electron chi connectivity index (χ0n) is 11.0. The van der Waals surface area contributed by atoms with E-state index >= 15 is 0 Å². The highest BCUT2D eigenvalue weighted by molar-refractivity contribution is 6.32. The van der Waals surface area contributed by atoms with Gasteiger partial charge < -0.3 is 14.8 Å². The highest BCUT2D eigenvalue weighted by Gasteiger charge is 2.11. The van der Waals surface area contributed by atoms with Crippen LogP contribution in [0.3, 0.4) is 0 Å². The van der Waals surface area contributed by atoms with Gasteiger partial charge in [0.05, 0.1) is 18.7 Å². The van der Waals surface area contributed by atoms with Crippen molar-refractivity contribution in [3.05, 3.63) is 22.7 Å². The van der Waals surface area contributed by atoms with Gasteiger partial charge in [-0.15, -0.1) is 11.8 Å². The van der Waals surface area contributed by atoms with Crippen molar-refractivity contribution in [3.8, 4) is 23.3 Å².